The number of thiophene rings is 1. The Bertz CT molecular complexity index is 548. The van der Waals surface area contributed by atoms with Crippen LogP contribution in [0, 0.1) is 5.41 Å². The molecule has 1 aromatic heterocycles. The molecule has 0 radical (unpaired) electrons. The molecule has 1 fully saturated rings. The van der Waals surface area contributed by atoms with E-state index in [9.17, 15) is 4.79 Å². The molecule has 1 saturated carbocycles. The Kier molecular flexibility index (Phi) is 7.20. The van der Waals surface area contributed by atoms with Gasteiger partial charge in [-0.1, -0.05) is 33.1 Å². The monoisotopic (exact) mass is 369 g/mol. The van der Waals surface area contributed by atoms with Crippen molar-refractivity contribution in [2.24, 2.45) is 5.41 Å². The van der Waals surface area contributed by atoms with Gasteiger partial charge in [0.25, 0.3) is 0 Å². The van der Waals surface area contributed by atoms with Crippen LogP contribution in [0.4, 0.5) is 0 Å². The molecule has 2 aliphatic rings. The average molecular weight is 370 g/mol. The molecule has 3 rings (SSSR count). The zero-order valence-corrected chi connectivity index (χ0v) is 16.9. The van der Waals surface area contributed by atoms with Crippen LogP contribution in [-0.4, -0.2) is 34.9 Å². The van der Waals surface area contributed by atoms with Crippen LogP contribution in [0.2, 0.25) is 0 Å². The van der Waals surface area contributed by atoms with Crippen molar-refractivity contribution in [1.82, 2.24) is 4.90 Å². The smallest absolute Gasteiger partial charge is 0.336 e. The summed E-state index contributed by atoms with van der Waals surface area (Å²) in [6, 6.07) is 0.825. The number of aryl methyl sites for hydroxylation is 1. The second kappa shape index (κ2) is 8.72. The minimum atomic E-state index is -0.778. The van der Waals surface area contributed by atoms with Gasteiger partial charge < -0.3 is 5.11 Å². The first-order chi connectivity index (χ1) is 11.3. The molecule has 0 amide bonds. The highest BCUT2D eigenvalue weighted by molar-refractivity contribution is 7.80. The van der Waals surface area contributed by atoms with E-state index in [2.05, 4.69) is 38.4 Å². The number of fused-ring (bicyclic) bond motifs is 1. The molecular formula is C19H31NO2S2. The molecule has 1 N–H and O–H groups in total. The summed E-state index contributed by atoms with van der Waals surface area (Å²) in [5, 5.41) is 10.8. The first kappa shape index (κ1) is 19.8. The van der Waals surface area contributed by atoms with Crippen LogP contribution in [0.25, 0.3) is 0 Å². The Morgan fingerprint density at radius 1 is 1.38 bits per heavy atom. The van der Waals surface area contributed by atoms with E-state index in [1.807, 2.05) is 0 Å². The van der Waals surface area contributed by atoms with Gasteiger partial charge in [-0.15, -0.1) is 11.3 Å². The maximum Gasteiger partial charge on any atom is 0.336 e. The van der Waals surface area contributed by atoms with E-state index in [0.717, 1.165) is 30.3 Å². The Morgan fingerprint density at radius 3 is 2.62 bits per heavy atom. The predicted octanol–water partition coefficient (Wildman–Crippen LogP) is 5.10. The van der Waals surface area contributed by atoms with Gasteiger partial charge in [0.05, 0.1) is 5.56 Å². The number of rotatable bonds is 3. The minimum absolute atomic E-state index is 0.262. The van der Waals surface area contributed by atoms with E-state index < -0.39 is 5.97 Å². The van der Waals surface area contributed by atoms with Gasteiger partial charge in [-0.3, -0.25) is 4.90 Å². The highest BCUT2D eigenvalue weighted by atomic mass is 32.1. The predicted molar refractivity (Wildman–Crippen MR) is 106 cm³/mol. The lowest BCUT2D eigenvalue weighted by Gasteiger charge is -2.29. The lowest BCUT2D eigenvalue weighted by atomic mass is 9.76. The molecular weight excluding hydrogens is 338 g/mol. The van der Waals surface area contributed by atoms with Crippen LogP contribution >= 0.6 is 24.0 Å². The highest BCUT2D eigenvalue weighted by Gasteiger charge is 2.29. The van der Waals surface area contributed by atoms with Gasteiger partial charge in [-0.2, -0.15) is 12.6 Å². The first-order valence-corrected chi connectivity index (χ1v) is 10.5. The van der Waals surface area contributed by atoms with E-state index in [1.165, 1.54) is 43.4 Å². The third-order valence-corrected chi connectivity index (χ3v) is 6.85. The molecule has 0 unspecified atom stereocenters. The van der Waals surface area contributed by atoms with Crippen molar-refractivity contribution in [2.45, 2.75) is 71.3 Å². The fourth-order valence-electron chi connectivity index (χ4n) is 3.66. The summed E-state index contributed by atoms with van der Waals surface area (Å²) >= 11 is 5.85. The topological polar surface area (TPSA) is 40.5 Å². The van der Waals surface area contributed by atoms with Gasteiger partial charge in [-0.05, 0) is 50.1 Å². The van der Waals surface area contributed by atoms with Crippen LogP contribution in [0.3, 0.4) is 0 Å². The number of nitrogens with zero attached hydrogens (tertiary/aromatic N) is 1. The molecule has 1 aromatic rings. The zero-order chi connectivity index (χ0) is 17.7. The summed E-state index contributed by atoms with van der Waals surface area (Å²) in [6.07, 6.45) is 10.2. The lowest BCUT2D eigenvalue weighted by molar-refractivity contribution is 0.0695. The lowest BCUT2D eigenvalue weighted by Crippen LogP contribution is -2.32. The SMILES string of the molecule is CC1(C)CCc2scc(C(=O)O)c2C1.CN(CS)C1CCCCC1. The van der Waals surface area contributed by atoms with Crippen LogP contribution in [0.5, 0.6) is 0 Å². The van der Waals surface area contributed by atoms with Crippen molar-refractivity contribution >= 4 is 29.9 Å². The first-order valence-electron chi connectivity index (χ1n) is 8.97. The Balaban J connectivity index is 0.000000185. The largest absolute Gasteiger partial charge is 0.478 e. The maximum absolute atomic E-state index is 11.0. The van der Waals surface area contributed by atoms with Crippen LogP contribution in [0.15, 0.2) is 5.38 Å². The fraction of sp³-hybridized carbons (Fsp3) is 0.737. The summed E-state index contributed by atoms with van der Waals surface area (Å²) in [6.45, 7) is 4.42. The summed E-state index contributed by atoms with van der Waals surface area (Å²) in [5.74, 6) is 0.130. The molecule has 0 aromatic carbocycles. The summed E-state index contributed by atoms with van der Waals surface area (Å²) in [4.78, 5) is 14.6. The Morgan fingerprint density at radius 2 is 2.04 bits per heavy atom. The van der Waals surface area contributed by atoms with Gasteiger partial charge in [-0.25, -0.2) is 4.79 Å². The number of carboxylic acid groups (broad SMARTS) is 1. The van der Waals surface area contributed by atoms with Gasteiger partial charge in [0.1, 0.15) is 0 Å². The van der Waals surface area contributed by atoms with E-state index in [-0.39, 0.29) is 5.41 Å². The number of carboxylic acids is 1. The second-order valence-corrected chi connectivity index (χ2v) is 9.13. The molecule has 0 atom stereocenters. The third-order valence-electron chi connectivity index (χ3n) is 5.32. The van der Waals surface area contributed by atoms with Gasteiger partial charge >= 0.3 is 5.97 Å². The van der Waals surface area contributed by atoms with Crippen molar-refractivity contribution in [3.8, 4) is 0 Å². The standard InChI is InChI=1S/C11H14O2S.C8H17NS/c1-11(2)4-3-9-7(5-11)8(6-14-9)10(12)13;1-9(7-10)8-5-3-2-4-6-8/h6H,3-5H2,1-2H3,(H,12,13);8,10H,2-7H2,1H3. The molecule has 2 aliphatic carbocycles. The normalized spacial score (nSPS) is 20.2. The molecule has 0 aliphatic heterocycles. The molecule has 5 heteroatoms. The van der Waals surface area contributed by atoms with Crippen LogP contribution in [0.1, 0.15) is 73.2 Å². The van der Waals surface area contributed by atoms with Crippen molar-refractivity contribution in [3.63, 3.8) is 0 Å². The van der Waals surface area contributed by atoms with Gasteiger partial charge in [0, 0.05) is 22.2 Å². The molecule has 0 bridgehead atoms. The molecule has 0 saturated heterocycles. The Labute approximate surface area is 155 Å². The average Bonchev–Trinajstić information content (AvgIpc) is 2.97. The van der Waals surface area contributed by atoms with Gasteiger partial charge in [0.2, 0.25) is 0 Å². The summed E-state index contributed by atoms with van der Waals surface area (Å²) in [5.41, 5.74) is 1.87. The van der Waals surface area contributed by atoms with Crippen molar-refractivity contribution in [2.75, 3.05) is 12.9 Å². The molecule has 0 spiro atoms. The molecule has 1 heterocycles. The fourth-order valence-corrected chi connectivity index (χ4v) is 4.94. The van der Waals surface area contributed by atoms with E-state index in [4.69, 9.17) is 5.11 Å². The van der Waals surface area contributed by atoms with Crippen LogP contribution in [-0.2, 0) is 12.8 Å². The number of thiol groups is 1. The number of carbonyl (C=O) groups is 1. The number of hydrogen-bond donors (Lipinski definition) is 2. The van der Waals surface area contributed by atoms with Gasteiger partial charge in [0.15, 0.2) is 0 Å². The zero-order valence-electron chi connectivity index (χ0n) is 15.2. The summed E-state index contributed by atoms with van der Waals surface area (Å²) in [7, 11) is 2.17. The maximum atomic E-state index is 11.0. The second-order valence-electron chi connectivity index (χ2n) is 7.89. The molecule has 136 valence electrons. The molecule has 3 nitrogen and oxygen atoms in total. The van der Waals surface area contributed by atoms with E-state index in [1.54, 1.807) is 16.7 Å². The highest BCUT2D eigenvalue weighted by Crippen LogP contribution is 2.39. The summed E-state index contributed by atoms with van der Waals surface area (Å²) < 4.78 is 0. The number of hydrogen-bond acceptors (Lipinski definition) is 4. The van der Waals surface area contributed by atoms with Crippen LogP contribution < -0.4 is 0 Å². The minimum Gasteiger partial charge on any atom is -0.478 e. The molecule has 24 heavy (non-hydrogen) atoms. The van der Waals surface area contributed by atoms with Crippen molar-refractivity contribution < 1.29 is 9.90 Å². The van der Waals surface area contributed by atoms with E-state index in [0.29, 0.717) is 5.56 Å². The quantitative estimate of drug-likeness (QED) is 0.575. The van der Waals surface area contributed by atoms with Crippen molar-refractivity contribution in [1.29, 1.82) is 0 Å². The Hall–Kier alpha value is -0.520. The third kappa shape index (κ3) is 5.24. The van der Waals surface area contributed by atoms with Crippen molar-refractivity contribution in [3.05, 3.63) is 21.4 Å². The van der Waals surface area contributed by atoms with E-state index >= 15 is 0 Å². The number of aromatic carboxylic acids is 1.